The van der Waals surface area contributed by atoms with Crippen LogP contribution in [0.5, 0.6) is 0 Å². The lowest BCUT2D eigenvalue weighted by molar-refractivity contribution is -0.123. The van der Waals surface area contributed by atoms with Crippen molar-refractivity contribution in [3.63, 3.8) is 0 Å². The molecule has 19 heavy (non-hydrogen) atoms. The average molecular weight is 288 g/mol. The van der Waals surface area contributed by atoms with Gasteiger partial charge in [-0.15, -0.1) is 0 Å². The minimum absolute atomic E-state index is 0.132. The highest BCUT2D eigenvalue weighted by molar-refractivity contribution is 6.31. The van der Waals surface area contributed by atoms with Crippen LogP contribution in [0.2, 0.25) is 5.02 Å². The highest BCUT2D eigenvalue weighted by Gasteiger charge is 2.27. The molecule has 1 aromatic rings. The number of amides is 1. The summed E-state index contributed by atoms with van der Waals surface area (Å²) in [6.45, 7) is 3.63. The lowest BCUT2D eigenvalue weighted by Gasteiger charge is -2.30. The maximum atomic E-state index is 13.6. The molecule has 2 N–H and O–H groups in total. The van der Waals surface area contributed by atoms with E-state index in [4.69, 9.17) is 11.6 Å². The molecule has 0 aliphatic carbocycles. The van der Waals surface area contributed by atoms with E-state index < -0.39 is 11.4 Å². The predicted molar refractivity (Wildman–Crippen MR) is 73.7 cm³/mol. The summed E-state index contributed by atoms with van der Waals surface area (Å²) in [7, 11) is 0. The normalized spacial score (nSPS) is 11.4. The van der Waals surface area contributed by atoms with E-state index in [1.807, 2.05) is 13.8 Å². The van der Waals surface area contributed by atoms with Gasteiger partial charge in [-0.1, -0.05) is 31.5 Å². The number of halogens is 2. The van der Waals surface area contributed by atoms with Crippen molar-refractivity contribution in [1.82, 2.24) is 5.32 Å². The Bertz CT molecular complexity index is 419. The average Bonchev–Trinajstić information content (AvgIpc) is 2.41. The van der Waals surface area contributed by atoms with Gasteiger partial charge in [0, 0.05) is 10.6 Å². The molecule has 0 atom stereocenters. The number of carbonyl (C=O) groups excluding carboxylic acids is 1. The molecule has 3 nitrogen and oxygen atoms in total. The van der Waals surface area contributed by atoms with Gasteiger partial charge in [0.25, 0.3) is 0 Å². The van der Waals surface area contributed by atoms with Gasteiger partial charge in [0.05, 0.1) is 18.6 Å². The third kappa shape index (κ3) is 3.91. The molecule has 5 heteroatoms. The first-order chi connectivity index (χ1) is 8.98. The van der Waals surface area contributed by atoms with E-state index in [0.717, 1.165) is 0 Å². The molecule has 106 valence electrons. The highest BCUT2D eigenvalue weighted by atomic mass is 35.5. The first-order valence-electron chi connectivity index (χ1n) is 6.32. The van der Waals surface area contributed by atoms with Crippen molar-refractivity contribution in [1.29, 1.82) is 0 Å². The Morgan fingerprint density at radius 1 is 1.42 bits per heavy atom. The van der Waals surface area contributed by atoms with Crippen LogP contribution in [-0.2, 0) is 11.2 Å². The lowest BCUT2D eigenvalue weighted by atomic mass is 9.93. The van der Waals surface area contributed by atoms with Crippen molar-refractivity contribution < 1.29 is 14.3 Å². The maximum Gasteiger partial charge on any atom is 0.225 e. The Hall–Kier alpha value is -1.13. The van der Waals surface area contributed by atoms with E-state index in [1.165, 1.54) is 12.1 Å². The summed E-state index contributed by atoms with van der Waals surface area (Å²) in [5.41, 5.74) is -0.463. The fourth-order valence-electron chi connectivity index (χ4n) is 1.89. The van der Waals surface area contributed by atoms with Gasteiger partial charge in [0.1, 0.15) is 5.82 Å². The standard InChI is InChI=1S/C14H19ClFNO2/c1-3-14(4-2,9-18)17-13(19)8-10-11(15)6-5-7-12(10)16/h5-7,18H,3-4,8-9H2,1-2H3,(H,17,19). The summed E-state index contributed by atoms with van der Waals surface area (Å²) in [6, 6.07) is 4.31. The summed E-state index contributed by atoms with van der Waals surface area (Å²) < 4.78 is 13.6. The van der Waals surface area contributed by atoms with Gasteiger partial charge in [0.2, 0.25) is 5.91 Å². The molecule has 0 saturated heterocycles. The molecule has 1 aromatic carbocycles. The van der Waals surface area contributed by atoms with Gasteiger partial charge in [-0.2, -0.15) is 0 Å². The molecular weight excluding hydrogens is 269 g/mol. The number of rotatable bonds is 6. The molecule has 0 bridgehead atoms. The second kappa shape index (κ2) is 6.87. The van der Waals surface area contributed by atoms with Crippen LogP contribution in [-0.4, -0.2) is 23.2 Å². The SMILES string of the molecule is CCC(CC)(CO)NC(=O)Cc1c(F)cccc1Cl. The molecular formula is C14H19ClFNO2. The number of aliphatic hydroxyl groups excluding tert-OH is 1. The molecule has 1 rings (SSSR count). The Morgan fingerprint density at radius 2 is 2.05 bits per heavy atom. The largest absolute Gasteiger partial charge is 0.394 e. The number of aliphatic hydroxyl groups is 1. The number of carbonyl (C=O) groups is 1. The smallest absolute Gasteiger partial charge is 0.225 e. The van der Waals surface area contributed by atoms with E-state index >= 15 is 0 Å². The van der Waals surface area contributed by atoms with Crippen LogP contribution in [0.3, 0.4) is 0 Å². The van der Waals surface area contributed by atoms with Gasteiger partial charge in [-0.05, 0) is 25.0 Å². The molecule has 1 amide bonds. The fourth-order valence-corrected chi connectivity index (χ4v) is 2.12. The van der Waals surface area contributed by atoms with E-state index in [0.29, 0.717) is 12.8 Å². The van der Waals surface area contributed by atoms with Crippen molar-refractivity contribution in [2.45, 2.75) is 38.6 Å². The van der Waals surface area contributed by atoms with Crippen molar-refractivity contribution in [3.8, 4) is 0 Å². The first-order valence-corrected chi connectivity index (χ1v) is 6.70. The molecule has 0 saturated carbocycles. The van der Waals surface area contributed by atoms with Gasteiger partial charge >= 0.3 is 0 Å². The number of nitrogens with one attached hydrogen (secondary N) is 1. The molecule has 0 spiro atoms. The van der Waals surface area contributed by atoms with Crippen LogP contribution < -0.4 is 5.32 Å². The summed E-state index contributed by atoms with van der Waals surface area (Å²) in [4.78, 5) is 12.0. The maximum absolute atomic E-state index is 13.6. The lowest BCUT2D eigenvalue weighted by Crippen LogP contribution is -2.51. The zero-order chi connectivity index (χ0) is 14.5. The molecule has 0 aliphatic heterocycles. The summed E-state index contributed by atoms with van der Waals surface area (Å²) >= 11 is 5.88. The van der Waals surface area contributed by atoms with E-state index in [2.05, 4.69) is 5.32 Å². The third-order valence-corrected chi connectivity index (χ3v) is 3.81. The second-order valence-electron chi connectivity index (χ2n) is 4.57. The van der Waals surface area contributed by atoms with Gasteiger partial charge < -0.3 is 10.4 Å². The van der Waals surface area contributed by atoms with Crippen molar-refractivity contribution in [2.75, 3.05) is 6.61 Å². The van der Waals surface area contributed by atoms with Crippen LogP contribution in [0.1, 0.15) is 32.3 Å². The first kappa shape index (κ1) is 15.9. The molecule has 0 heterocycles. The highest BCUT2D eigenvalue weighted by Crippen LogP contribution is 2.20. The molecule has 0 aromatic heterocycles. The van der Waals surface area contributed by atoms with Crippen LogP contribution >= 0.6 is 11.6 Å². The molecule has 0 aliphatic rings. The summed E-state index contributed by atoms with van der Waals surface area (Å²) in [5.74, 6) is -0.838. The zero-order valence-corrected chi connectivity index (χ0v) is 11.9. The summed E-state index contributed by atoms with van der Waals surface area (Å²) in [5, 5.41) is 12.4. The van der Waals surface area contributed by atoms with Crippen LogP contribution in [0.4, 0.5) is 4.39 Å². The number of hydrogen-bond donors (Lipinski definition) is 2. The minimum Gasteiger partial charge on any atom is -0.394 e. The van der Waals surface area contributed by atoms with Gasteiger partial charge in [-0.25, -0.2) is 4.39 Å². The van der Waals surface area contributed by atoms with Crippen molar-refractivity contribution in [2.24, 2.45) is 0 Å². The second-order valence-corrected chi connectivity index (χ2v) is 4.98. The number of benzene rings is 1. The van der Waals surface area contributed by atoms with E-state index in [-0.39, 0.29) is 29.5 Å². The Labute approximate surface area is 117 Å². The van der Waals surface area contributed by atoms with Crippen LogP contribution in [0.25, 0.3) is 0 Å². The Balaban J connectivity index is 2.81. The van der Waals surface area contributed by atoms with Gasteiger partial charge in [-0.3, -0.25) is 4.79 Å². The van der Waals surface area contributed by atoms with Gasteiger partial charge in [0.15, 0.2) is 0 Å². The van der Waals surface area contributed by atoms with Crippen LogP contribution in [0.15, 0.2) is 18.2 Å². The molecule has 0 unspecified atom stereocenters. The van der Waals surface area contributed by atoms with E-state index in [1.54, 1.807) is 6.07 Å². The topological polar surface area (TPSA) is 49.3 Å². The van der Waals surface area contributed by atoms with Crippen LogP contribution in [0, 0.1) is 5.82 Å². The monoisotopic (exact) mass is 287 g/mol. The summed E-state index contributed by atoms with van der Waals surface area (Å²) in [6.07, 6.45) is 1.08. The zero-order valence-electron chi connectivity index (χ0n) is 11.2. The fraction of sp³-hybridized carbons (Fsp3) is 0.500. The molecule has 0 radical (unpaired) electrons. The quantitative estimate of drug-likeness (QED) is 0.845. The van der Waals surface area contributed by atoms with Crippen molar-refractivity contribution >= 4 is 17.5 Å². The predicted octanol–water partition coefficient (Wildman–Crippen LogP) is 2.69. The van der Waals surface area contributed by atoms with Crippen molar-refractivity contribution in [3.05, 3.63) is 34.6 Å². The Morgan fingerprint density at radius 3 is 2.53 bits per heavy atom. The molecule has 0 fully saturated rings. The third-order valence-electron chi connectivity index (χ3n) is 3.46. The Kier molecular flexibility index (Phi) is 5.76. The number of hydrogen-bond acceptors (Lipinski definition) is 2. The van der Waals surface area contributed by atoms with E-state index in [9.17, 15) is 14.3 Å². The minimum atomic E-state index is -0.644.